The third-order valence-corrected chi connectivity index (χ3v) is 2.88. The molecule has 0 saturated carbocycles. The molecule has 1 N–H and O–H groups in total. The minimum absolute atomic E-state index is 0.532. The first-order chi connectivity index (χ1) is 8.13. The summed E-state index contributed by atoms with van der Waals surface area (Å²) >= 11 is 0. The lowest BCUT2D eigenvalue weighted by Crippen LogP contribution is -2.30. The number of imidazole rings is 1. The molecule has 0 saturated heterocycles. The molecule has 0 amide bonds. The van der Waals surface area contributed by atoms with E-state index in [1.165, 1.54) is 6.42 Å². The zero-order valence-electron chi connectivity index (χ0n) is 11.6. The van der Waals surface area contributed by atoms with Gasteiger partial charge in [-0.1, -0.05) is 6.92 Å². The second-order valence-electron chi connectivity index (χ2n) is 4.91. The van der Waals surface area contributed by atoms with Gasteiger partial charge in [0.15, 0.2) is 0 Å². The van der Waals surface area contributed by atoms with Crippen molar-refractivity contribution < 1.29 is 0 Å². The standard InChI is InChI=1S/C13H26N4/c1-5-8-17-10-7-14-13(17)11-15-12(2)6-9-16(3)4/h7,10,12,15H,5-6,8-9,11H2,1-4H3. The molecule has 1 unspecified atom stereocenters. The summed E-state index contributed by atoms with van der Waals surface area (Å²) in [5.74, 6) is 1.14. The van der Waals surface area contributed by atoms with Crippen LogP contribution in [-0.4, -0.2) is 41.1 Å². The highest BCUT2D eigenvalue weighted by molar-refractivity contribution is 4.92. The largest absolute Gasteiger partial charge is 0.334 e. The Morgan fingerprint density at radius 1 is 1.47 bits per heavy atom. The van der Waals surface area contributed by atoms with E-state index in [4.69, 9.17) is 0 Å². The van der Waals surface area contributed by atoms with E-state index in [-0.39, 0.29) is 0 Å². The van der Waals surface area contributed by atoms with Crippen molar-refractivity contribution in [1.82, 2.24) is 19.8 Å². The van der Waals surface area contributed by atoms with Gasteiger partial charge in [0, 0.05) is 25.0 Å². The van der Waals surface area contributed by atoms with Gasteiger partial charge in [-0.05, 0) is 40.4 Å². The summed E-state index contributed by atoms with van der Waals surface area (Å²) in [5, 5.41) is 3.53. The molecule has 1 aromatic heterocycles. The first kappa shape index (κ1) is 14.2. The third-order valence-electron chi connectivity index (χ3n) is 2.88. The second kappa shape index (κ2) is 7.45. The molecule has 1 atom stereocenters. The van der Waals surface area contributed by atoms with Crippen molar-refractivity contribution in [1.29, 1.82) is 0 Å². The molecule has 1 aromatic rings. The Labute approximate surface area is 105 Å². The molecule has 0 radical (unpaired) electrons. The van der Waals surface area contributed by atoms with E-state index in [0.717, 1.165) is 31.9 Å². The summed E-state index contributed by atoms with van der Waals surface area (Å²) < 4.78 is 2.23. The van der Waals surface area contributed by atoms with Crippen molar-refractivity contribution in [2.24, 2.45) is 0 Å². The van der Waals surface area contributed by atoms with Gasteiger partial charge in [0.05, 0.1) is 6.54 Å². The maximum Gasteiger partial charge on any atom is 0.122 e. The van der Waals surface area contributed by atoms with E-state index in [9.17, 15) is 0 Å². The molecule has 1 heterocycles. The van der Waals surface area contributed by atoms with Crippen LogP contribution in [0.4, 0.5) is 0 Å². The number of hydrogen-bond donors (Lipinski definition) is 1. The predicted molar refractivity (Wildman–Crippen MR) is 72.0 cm³/mol. The minimum Gasteiger partial charge on any atom is -0.334 e. The lowest BCUT2D eigenvalue weighted by Gasteiger charge is -2.17. The van der Waals surface area contributed by atoms with Crippen LogP contribution < -0.4 is 5.32 Å². The van der Waals surface area contributed by atoms with Gasteiger partial charge in [0.2, 0.25) is 0 Å². The molecule has 17 heavy (non-hydrogen) atoms. The fourth-order valence-corrected chi connectivity index (χ4v) is 1.77. The van der Waals surface area contributed by atoms with Gasteiger partial charge in [0.1, 0.15) is 5.82 Å². The summed E-state index contributed by atoms with van der Waals surface area (Å²) in [7, 11) is 4.22. The van der Waals surface area contributed by atoms with Gasteiger partial charge >= 0.3 is 0 Å². The molecule has 1 rings (SSSR count). The van der Waals surface area contributed by atoms with Crippen LogP contribution in [0.3, 0.4) is 0 Å². The molecular weight excluding hydrogens is 212 g/mol. The number of hydrogen-bond acceptors (Lipinski definition) is 3. The molecule has 0 aliphatic rings. The first-order valence-electron chi connectivity index (χ1n) is 6.51. The summed E-state index contributed by atoms with van der Waals surface area (Å²) in [6.45, 7) is 7.47. The summed E-state index contributed by atoms with van der Waals surface area (Å²) in [6, 6.07) is 0.532. The maximum absolute atomic E-state index is 4.39. The molecule has 4 nitrogen and oxygen atoms in total. The van der Waals surface area contributed by atoms with Crippen LogP contribution in [0.1, 0.15) is 32.5 Å². The third kappa shape index (κ3) is 5.33. The molecule has 0 bridgehead atoms. The number of aromatic nitrogens is 2. The van der Waals surface area contributed by atoms with Crippen molar-refractivity contribution >= 4 is 0 Å². The Hall–Kier alpha value is -0.870. The van der Waals surface area contributed by atoms with Gasteiger partial charge in [-0.25, -0.2) is 4.98 Å². The quantitative estimate of drug-likeness (QED) is 0.748. The minimum atomic E-state index is 0.532. The number of nitrogens with zero attached hydrogens (tertiary/aromatic N) is 3. The summed E-state index contributed by atoms with van der Waals surface area (Å²) in [5.41, 5.74) is 0. The molecule has 0 spiro atoms. The van der Waals surface area contributed by atoms with E-state index in [2.05, 4.69) is 53.9 Å². The van der Waals surface area contributed by atoms with Crippen LogP contribution in [0.25, 0.3) is 0 Å². The van der Waals surface area contributed by atoms with Crippen molar-refractivity contribution in [2.75, 3.05) is 20.6 Å². The van der Waals surface area contributed by atoms with Gasteiger partial charge < -0.3 is 14.8 Å². The molecule has 98 valence electrons. The van der Waals surface area contributed by atoms with Crippen LogP contribution in [0.15, 0.2) is 12.4 Å². The monoisotopic (exact) mass is 238 g/mol. The predicted octanol–water partition coefficient (Wildman–Crippen LogP) is 1.72. The van der Waals surface area contributed by atoms with Gasteiger partial charge in [0.25, 0.3) is 0 Å². The lowest BCUT2D eigenvalue weighted by molar-refractivity contribution is 0.363. The van der Waals surface area contributed by atoms with Gasteiger partial charge in [-0.2, -0.15) is 0 Å². The molecular formula is C13H26N4. The van der Waals surface area contributed by atoms with Crippen LogP contribution >= 0.6 is 0 Å². The van der Waals surface area contributed by atoms with Crippen molar-refractivity contribution in [3.63, 3.8) is 0 Å². The topological polar surface area (TPSA) is 33.1 Å². The smallest absolute Gasteiger partial charge is 0.122 e. The SMILES string of the molecule is CCCn1ccnc1CNC(C)CCN(C)C. The fourth-order valence-electron chi connectivity index (χ4n) is 1.77. The van der Waals surface area contributed by atoms with Crippen LogP contribution in [0.2, 0.25) is 0 Å². The van der Waals surface area contributed by atoms with E-state index in [1.807, 2.05) is 6.20 Å². The Morgan fingerprint density at radius 3 is 2.88 bits per heavy atom. The highest BCUT2D eigenvalue weighted by atomic mass is 15.1. The summed E-state index contributed by atoms with van der Waals surface area (Å²) in [6.07, 6.45) is 6.27. The zero-order valence-corrected chi connectivity index (χ0v) is 11.6. The van der Waals surface area contributed by atoms with Gasteiger partial charge in [-0.15, -0.1) is 0 Å². The highest BCUT2D eigenvalue weighted by Gasteiger charge is 2.05. The molecule has 0 aliphatic carbocycles. The zero-order chi connectivity index (χ0) is 12.7. The van der Waals surface area contributed by atoms with E-state index in [0.29, 0.717) is 6.04 Å². The van der Waals surface area contributed by atoms with E-state index in [1.54, 1.807) is 0 Å². The molecule has 0 fully saturated rings. The average Bonchev–Trinajstić information content (AvgIpc) is 2.71. The normalized spacial score (nSPS) is 13.2. The van der Waals surface area contributed by atoms with E-state index < -0.39 is 0 Å². The van der Waals surface area contributed by atoms with Crippen LogP contribution in [0.5, 0.6) is 0 Å². The summed E-state index contributed by atoms with van der Waals surface area (Å²) in [4.78, 5) is 6.61. The molecule has 0 aliphatic heterocycles. The number of rotatable bonds is 8. The molecule has 0 aromatic carbocycles. The number of nitrogens with one attached hydrogen (secondary N) is 1. The fraction of sp³-hybridized carbons (Fsp3) is 0.769. The van der Waals surface area contributed by atoms with Crippen LogP contribution in [0, 0.1) is 0 Å². The van der Waals surface area contributed by atoms with Crippen molar-refractivity contribution in [3.8, 4) is 0 Å². The Kier molecular flexibility index (Phi) is 6.22. The van der Waals surface area contributed by atoms with Crippen LogP contribution in [-0.2, 0) is 13.1 Å². The Balaban J connectivity index is 2.31. The molecule has 4 heteroatoms. The average molecular weight is 238 g/mol. The van der Waals surface area contributed by atoms with Crippen molar-refractivity contribution in [2.45, 2.75) is 45.8 Å². The Bertz CT molecular complexity index is 306. The highest BCUT2D eigenvalue weighted by Crippen LogP contribution is 2.01. The number of aryl methyl sites for hydroxylation is 1. The lowest BCUT2D eigenvalue weighted by atomic mass is 10.2. The Morgan fingerprint density at radius 2 is 2.24 bits per heavy atom. The van der Waals surface area contributed by atoms with E-state index >= 15 is 0 Å². The first-order valence-corrected chi connectivity index (χ1v) is 6.51. The second-order valence-corrected chi connectivity index (χ2v) is 4.91. The van der Waals surface area contributed by atoms with Crippen molar-refractivity contribution in [3.05, 3.63) is 18.2 Å². The maximum atomic E-state index is 4.39. The van der Waals surface area contributed by atoms with Gasteiger partial charge in [-0.3, -0.25) is 0 Å².